The number of benzene rings is 1. The first-order valence-electron chi connectivity index (χ1n) is 5.42. The summed E-state index contributed by atoms with van der Waals surface area (Å²) in [5, 5.41) is 0. The molecule has 0 unspecified atom stereocenters. The fourth-order valence-electron chi connectivity index (χ4n) is 2.33. The minimum absolute atomic E-state index is 0.999. The lowest BCUT2D eigenvalue weighted by Crippen LogP contribution is -2.28. The highest BCUT2D eigenvalue weighted by molar-refractivity contribution is 5.75. The molecule has 0 saturated heterocycles. The topological polar surface area (TPSA) is 21.2 Å². The van der Waals surface area contributed by atoms with E-state index in [0.29, 0.717) is 0 Å². The molecule has 3 heteroatoms. The van der Waals surface area contributed by atoms with Crippen molar-refractivity contribution in [3.63, 3.8) is 0 Å². The number of fused-ring (bicyclic) bond motifs is 3. The van der Waals surface area contributed by atoms with Gasteiger partial charge >= 0.3 is 5.78 Å². The Balaban J connectivity index is 2.67. The van der Waals surface area contributed by atoms with Gasteiger partial charge in [-0.2, -0.15) is 4.40 Å². The quantitative estimate of drug-likeness (QED) is 0.522. The summed E-state index contributed by atoms with van der Waals surface area (Å²) >= 11 is 0. The van der Waals surface area contributed by atoms with E-state index in [1.807, 2.05) is 6.92 Å². The third kappa shape index (κ3) is 1.08. The zero-order valence-electron chi connectivity index (χ0n) is 9.73. The van der Waals surface area contributed by atoms with Gasteiger partial charge in [0.1, 0.15) is 16.7 Å². The minimum Gasteiger partial charge on any atom is -0.227 e. The molecule has 0 aliphatic heterocycles. The van der Waals surface area contributed by atoms with Crippen molar-refractivity contribution in [1.29, 1.82) is 0 Å². The molecule has 0 saturated carbocycles. The molecule has 0 radical (unpaired) electrons. The van der Waals surface area contributed by atoms with E-state index >= 15 is 0 Å². The van der Waals surface area contributed by atoms with Crippen LogP contribution >= 0.6 is 0 Å². The van der Waals surface area contributed by atoms with Crippen LogP contribution in [-0.4, -0.2) is 9.38 Å². The predicted octanol–water partition coefficient (Wildman–Crippen LogP) is 1.93. The molecule has 80 valence electrons. The highest BCUT2D eigenvalue weighted by Crippen LogP contribution is 2.15. The maximum atomic E-state index is 4.60. The molecule has 0 fully saturated rings. The summed E-state index contributed by atoms with van der Waals surface area (Å²) in [5.74, 6) is 0.999. The SMILES string of the molecule is Cc1cc(C)n2c3ccccc3[n+](C)c2n1. The number of nitrogens with zero attached hydrogens (tertiary/aromatic N) is 3. The van der Waals surface area contributed by atoms with Gasteiger partial charge in [-0.15, -0.1) is 0 Å². The Labute approximate surface area is 94.0 Å². The second kappa shape index (κ2) is 3.04. The Kier molecular flexibility index (Phi) is 1.78. The maximum absolute atomic E-state index is 4.60. The first kappa shape index (κ1) is 9.33. The Morgan fingerprint density at radius 3 is 2.75 bits per heavy atom. The van der Waals surface area contributed by atoms with Gasteiger partial charge in [-0.1, -0.05) is 17.1 Å². The van der Waals surface area contributed by atoms with Gasteiger partial charge in [0, 0.05) is 6.07 Å². The van der Waals surface area contributed by atoms with Crippen molar-refractivity contribution in [3.8, 4) is 0 Å². The molecule has 0 N–H and O–H groups in total. The van der Waals surface area contributed by atoms with E-state index in [9.17, 15) is 0 Å². The molecule has 1 aromatic carbocycles. The van der Waals surface area contributed by atoms with Gasteiger partial charge in [0.05, 0.1) is 12.7 Å². The molecule has 2 aromatic heterocycles. The summed E-state index contributed by atoms with van der Waals surface area (Å²) in [6, 6.07) is 10.5. The third-order valence-electron chi connectivity index (χ3n) is 3.03. The number of rotatable bonds is 0. The zero-order valence-corrected chi connectivity index (χ0v) is 9.73. The van der Waals surface area contributed by atoms with Crippen LogP contribution in [0.3, 0.4) is 0 Å². The highest BCUT2D eigenvalue weighted by Gasteiger charge is 2.18. The normalized spacial score (nSPS) is 11.4. The lowest BCUT2D eigenvalue weighted by atomic mass is 10.3. The molecule has 3 rings (SSSR count). The summed E-state index contributed by atoms with van der Waals surface area (Å²) in [4.78, 5) is 4.60. The van der Waals surface area contributed by atoms with Crippen molar-refractivity contribution in [2.45, 2.75) is 13.8 Å². The Morgan fingerprint density at radius 1 is 1.19 bits per heavy atom. The lowest BCUT2D eigenvalue weighted by molar-refractivity contribution is -0.620. The van der Waals surface area contributed by atoms with Crippen LogP contribution in [0.15, 0.2) is 30.3 Å². The van der Waals surface area contributed by atoms with Gasteiger partial charge in [0.25, 0.3) is 0 Å². The van der Waals surface area contributed by atoms with E-state index in [1.165, 1.54) is 16.7 Å². The van der Waals surface area contributed by atoms with Crippen LogP contribution in [-0.2, 0) is 7.05 Å². The van der Waals surface area contributed by atoms with Crippen molar-refractivity contribution >= 4 is 16.8 Å². The van der Waals surface area contributed by atoms with E-state index in [4.69, 9.17) is 0 Å². The van der Waals surface area contributed by atoms with Crippen LogP contribution in [0.25, 0.3) is 16.8 Å². The number of para-hydroxylation sites is 2. The fraction of sp³-hybridized carbons (Fsp3) is 0.231. The zero-order chi connectivity index (χ0) is 11.3. The van der Waals surface area contributed by atoms with Crippen LogP contribution in [0.5, 0.6) is 0 Å². The molecule has 0 aliphatic rings. The average Bonchev–Trinajstić information content (AvgIpc) is 2.54. The fourth-order valence-corrected chi connectivity index (χ4v) is 2.33. The predicted molar refractivity (Wildman–Crippen MR) is 63.3 cm³/mol. The van der Waals surface area contributed by atoms with Crippen LogP contribution < -0.4 is 4.57 Å². The average molecular weight is 212 g/mol. The van der Waals surface area contributed by atoms with E-state index in [2.05, 4.69) is 58.3 Å². The standard InChI is InChI=1S/C13H14N3/c1-9-8-10(2)16-12-7-5-4-6-11(12)15(3)13(16)14-9/h4-8H,1-3H3/q+1. The molecule has 0 spiro atoms. The Morgan fingerprint density at radius 2 is 1.94 bits per heavy atom. The molecule has 3 nitrogen and oxygen atoms in total. The first-order valence-corrected chi connectivity index (χ1v) is 5.42. The molecule has 16 heavy (non-hydrogen) atoms. The second-order valence-corrected chi connectivity index (χ2v) is 4.22. The minimum atomic E-state index is 0.999. The second-order valence-electron chi connectivity index (χ2n) is 4.22. The summed E-state index contributed by atoms with van der Waals surface area (Å²) in [6.45, 7) is 4.15. The highest BCUT2D eigenvalue weighted by atomic mass is 15.2. The van der Waals surface area contributed by atoms with Gasteiger partial charge in [-0.25, -0.2) is 4.57 Å². The van der Waals surface area contributed by atoms with Gasteiger partial charge < -0.3 is 0 Å². The van der Waals surface area contributed by atoms with Crippen LogP contribution in [0.1, 0.15) is 11.4 Å². The summed E-state index contributed by atoms with van der Waals surface area (Å²) in [7, 11) is 2.06. The van der Waals surface area contributed by atoms with E-state index in [1.54, 1.807) is 0 Å². The number of imidazole rings is 1. The molecule has 0 bridgehead atoms. The van der Waals surface area contributed by atoms with Crippen molar-refractivity contribution in [2.24, 2.45) is 7.05 Å². The third-order valence-corrected chi connectivity index (χ3v) is 3.03. The number of hydrogen-bond donors (Lipinski definition) is 0. The van der Waals surface area contributed by atoms with Gasteiger partial charge in [-0.3, -0.25) is 0 Å². The Hall–Kier alpha value is -1.90. The molecular formula is C13H14N3+. The Bertz CT molecular complexity index is 695. The number of aryl methyl sites for hydroxylation is 3. The molecule has 0 aliphatic carbocycles. The van der Waals surface area contributed by atoms with Gasteiger partial charge in [-0.05, 0) is 26.0 Å². The summed E-state index contributed by atoms with van der Waals surface area (Å²) in [6.07, 6.45) is 0. The summed E-state index contributed by atoms with van der Waals surface area (Å²) in [5.41, 5.74) is 4.71. The number of hydrogen-bond acceptors (Lipinski definition) is 1. The van der Waals surface area contributed by atoms with E-state index in [-0.39, 0.29) is 0 Å². The monoisotopic (exact) mass is 212 g/mol. The smallest absolute Gasteiger partial charge is 0.227 e. The van der Waals surface area contributed by atoms with E-state index < -0.39 is 0 Å². The van der Waals surface area contributed by atoms with Crippen molar-refractivity contribution in [1.82, 2.24) is 9.38 Å². The summed E-state index contributed by atoms with van der Waals surface area (Å²) < 4.78 is 4.33. The van der Waals surface area contributed by atoms with Gasteiger partial charge in [0.15, 0.2) is 0 Å². The largest absolute Gasteiger partial charge is 0.404 e. The molecule has 0 atom stereocenters. The van der Waals surface area contributed by atoms with Crippen LogP contribution in [0.2, 0.25) is 0 Å². The molecular weight excluding hydrogens is 198 g/mol. The van der Waals surface area contributed by atoms with Gasteiger partial charge in [0.2, 0.25) is 0 Å². The van der Waals surface area contributed by atoms with Crippen molar-refractivity contribution in [3.05, 3.63) is 41.7 Å². The van der Waals surface area contributed by atoms with Crippen molar-refractivity contribution < 1.29 is 4.57 Å². The maximum Gasteiger partial charge on any atom is 0.404 e. The molecule has 3 aromatic rings. The first-order chi connectivity index (χ1) is 7.68. The van der Waals surface area contributed by atoms with Crippen LogP contribution in [0.4, 0.5) is 0 Å². The van der Waals surface area contributed by atoms with Crippen LogP contribution in [0, 0.1) is 13.8 Å². The molecule has 0 amide bonds. The molecule has 2 heterocycles. The van der Waals surface area contributed by atoms with Crippen molar-refractivity contribution in [2.75, 3.05) is 0 Å². The lowest BCUT2D eigenvalue weighted by Gasteiger charge is -1.94. The number of aromatic nitrogens is 3. The van der Waals surface area contributed by atoms with E-state index in [0.717, 1.165) is 11.5 Å².